The molecule has 1 spiro atoms. The first kappa shape index (κ1) is 14.2. The Kier molecular flexibility index (Phi) is 3.13. The van der Waals surface area contributed by atoms with E-state index in [2.05, 4.69) is 0 Å². The highest BCUT2D eigenvalue weighted by Crippen LogP contribution is 2.51. The van der Waals surface area contributed by atoms with Crippen LogP contribution in [0.1, 0.15) is 5.56 Å². The number of hydrogen-bond acceptors (Lipinski definition) is 3. The number of hydrogen-bond donors (Lipinski definition) is 1. The number of carbonyl (C=O) groups is 2. The van der Waals surface area contributed by atoms with Gasteiger partial charge in [-0.3, -0.25) is 9.59 Å². The summed E-state index contributed by atoms with van der Waals surface area (Å²) < 4.78 is 5.84. The number of likely N-dealkylation sites (tertiary alicyclic amines) is 1. The monoisotopic (exact) mass is 311 g/mol. The molecular weight excluding hydrogens is 294 g/mol. The molecule has 3 heterocycles. The van der Waals surface area contributed by atoms with Gasteiger partial charge in [-0.25, -0.2) is 0 Å². The van der Waals surface area contributed by atoms with Crippen molar-refractivity contribution in [3.05, 3.63) is 54.1 Å². The third-order valence-corrected chi connectivity index (χ3v) is 4.90. The van der Waals surface area contributed by atoms with E-state index in [1.165, 1.54) is 0 Å². The van der Waals surface area contributed by atoms with E-state index in [9.17, 15) is 14.7 Å². The second kappa shape index (κ2) is 5.06. The second-order valence-corrected chi connectivity index (χ2v) is 6.27. The molecule has 2 fully saturated rings. The van der Waals surface area contributed by atoms with Gasteiger partial charge in [0, 0.05) is 6.54 Å². The van der Waals surface area contributed by atoms with E-state index >= 15 is 0 Å². The van der Waals surface area contributed by atoms with Crippen LogP contribution in [0.25, 0.3) is 6.08 Å². The van der Waals surface area contributed by atoms with Gasteiger partial charge in [-0.05, 0) is 5.56 Å². The lowest BCUT2D eigenvalue weighted by molar-refractivity contribution is -0.147. The van der Waals surface area contributed by atoms with Crippen molar-refractivity contribution in [2.45, 2.75) is 11.7 Å². The molecular formula is C18H17NO4. The van der Waals surface area contributed by atoms with E-state index < -0.39 is 29.5 Å². The van der Waals surface area contributed by atoms with Crippen LogP contribution in [0, 0.1) is 11.8 Å². The zero-order chi connectivity index (χ0) is 16.0. The van der Waals surface area contributed by atoms with E-state index in [1.807, 2.05) is 48.6 Å². The van der Waals surface area contributed by atoms with Crippen LogP contribution in [0.5, 0.6) is 0 Å². The summed E-state index contributed by atoms with van der Waals surface area (Å²) >= 11 is 0. The van der Waals surface area contributed by atoms with Crippen molar-refractivity contribution in [3.63, 3.8) is 0 Å². The fourth-order valence-corrected chi connectivity index (χ4v) is 3.89. The van der Waals surface area contributed by atoms with E-state index in [-0.39, 0.29) is 5.91 Å². The molecule has 0 unspecified atom stereocenters. The van der Waals surface area contributed by atoms with Crippen LogP contribution >= 0.6 is 0 Å². The first-order valence-electron chi connectivity index (χ1n) is 7.71. The Morgan fingerprint density at radius 2 is 2.17 bits per heavy atom. The van der Waals surface area contributed by atoms with Crippen molar-refractivity contribution < 1.29 is 19.4 Å². The van der Waals surface area contributed by atoms with Crippen LogP contribution < -0.4 is 0 Å². The second-order valence-electron chi connectivity index (χ2n) is 6.27. The van der Waals surface area contributed by atoms with E-state index in [0.29, 0.717) is 13.1 Å². The van der Waals surface area contributed by atoms with Crippen LogP contribution in [-0.2, 0) is 14.3 Å². The number of carboxylic acids is 1. The number of nitrogens with zero attached hydrogens (tertiary/aromatic N) is 1. The van der Waals surface area contributed by atoms with Gasteiger partial charge in [-0.1, -0.05) is 54.6 Å². The number of amides is 1. The molecule has 0 aromatic heterocycles. The molecule has 23 heavy (non-hydrogen) atoms. The number of carboxylic acid groups (broad SMARTS) is 1. The molecule has 5 nitrogen and oxygen atoms in total. The first-order valence-corrected chi connectivity index (χ1v) is 7.71. The van der Waals surface area contributed by atoms with Gasteiger partial charge in [-0.2, -0.15) is 0 Å². The molecule has 1 aromatic rings. The highest BCUT2D eigenvalue weighted by Gasteiger charge is 2.66. The maximum atomic E-state index is 12.6. The highest BCUT2D eigenvalue weighted by atomic mass is 16.5. The van der Waals surface area contributed by atoms with Crippen LogP contribution in [0.15, 0.2) is 48.6 Å². The van der Waals surface area contributed by atoms with Gasteiger partial charge in [0.2, 0.25) is 5.91 Å². The summed E-state index contributed by atoms with van der Waals surface area (Å²) in [5, 5.41) is 9.41. The molecule has 118 valence electrons. The fourth-order valence-electron chi connectivity index (χ4n) is 3.89. The molecule has 0 aliphatic carbocycles. The molecule has 0 radical (unpaired) electrons. The Labute approximate surface area is 133 Å². The van der Waals surface area contributed by atoms with Gasteiger partial charge >= 0.3 is 5.97 Å². The number of ether oxygens (including phenoxy) is 1. The number of rotatable bonds is 4. The molecule has 3 aliphatic rings. The van der Waals surface area contributed by atoms with Gasteiger partial charge in [-0.15, -0.1) is 0 Å². The number of carbonyl (C=O) groups excluding carboxylic acids is 1. The van der Waals surface area contributed by atoms with Crippen molar-refractivity contribution in [2.24, 2.45) is 11.8 Å². The van der Waals surface area contributed by atoms with Crippen molar-refractivity contribution >= 4 is 18.0 Å². The standard InChI is InChI=1S/C18H17NO4/c20-16-15-14(17(21)22)13-8-9-18(15,23-13)11-19(16)10-4-7-12-5-2-1-3-6-12/h1-9,13-15H,10-11H2,(H,21,22)/b7-4+/t13-,14-,15+,18+/m0/s1. The Bertz CT molecular complexity index is 711. The summed E-state index contributed by atoms with van der Waals surface area (Å²) in [5.74, 6) is -2.45. The third kappa shape index (κ3) is 2.11. The zero-order valence-electron chi connectivity index (χ0n) is 12.5. The largest absolute Gasteiger partial charge is 0.481 e. The normalized spacial score (nSPS) is 34.5. The van der Waals surface area contributed by atoms with Crippen LogP contribution in [0.4, 0.5) is 0 Å². The average Bonchev–Trinajstić information content (AvgIpc) is 3.17. The summed E-state index contributed by atoms with van der Waals surface area (Å²) in [7, 11) is 0. The van der Waals surface area contributed by atoms with Crippen molar-refractivity contribution in [1.82, 2.24) is 4.90 Å². The quantitative estimate of drug-likeness (QED) is 0.857. The molecule has 2 bridgehead atoms. The molecule has 4 rings (SSSR count). The predicted octanol–water partition coefficient (Wildman–Crippen LogP) is 1.57. The molecule has 1 aromatic carbocycles. The van der Waals surface area contributed by atoms with Gasteiger partial charge in [0.15, 0.2) is 0 Å². The lowest BCUT2D eigenvalue weighted by Gasteiger charge is -2.21. The van der Waals surface area contributed by atoms with Gasteiger partial charge in [0.25, 0.3) is 0 Å². The Hall–Kier alpha value is -2.40. The molecule has 4 atom stereocenters. The molecule has 0 saturated carbocycles. The Morgan fingerprint density at radius 3 is 2.91 bits per heavy atom. The van der Waals surface area contributed by atoms with Gasteiger partial charge < -0.3 is 14.7 Å². The van der Waals surface area contributed by atoms with Gasteiger partial charge in [0.1, 0.15) is 11.5 Å². The Morgan fingerprint density at radius 1 is 1.39 bits per heavy atom. The number of benzene rings is 1. The molecule has 2 saturated heterocycles. The molecule has 3 aliphatic heterocycles. The SMILES string of the molecule is O=C(O)[C@H]1[C@@H]2C=C[C@]3(CN(C/C=C/c4ccccc4)C(=O)[C@@H]13)O2. The van der Waals surface area contributed by atoms with E-state index in [0.717, 1.165) is 5.56 Å². The minimum atomic E-state index is -0.957. The van der Waals surface area contributed by atoms with E-state index in [4.69, 9.17) is 4.74 Å². The van der Waals surface area contributed by atoms with Gasteiger partial charge in [0.05, 0.1) is 18.6 Å². The maximum absolute atomic E-state index is 12.6. The molecule has 1 amide bonds. The highest BCUT2D eigenvalue weighted by molar-refractivity contribution is 5.90. The van der Waals surface area contributed by atoms with Crippen molar-refractivity contribution in [3.8, 4) is 0 Å². The minimum absolute atomic E-state index is 0.123. The van der Waals surface area contributed by atoms with Crippen molar-refractivity contribution in [1.29, 1.82) is 0 Å². The molecule has 1 N–H and O–H groups in total. The average molecular weight is 311 g/mol. The smallest absolute Gasteiger partial charge is 0.310 e. The summed E-state index contributed by atoms with van der Waals surface area (Å²) in [4.78, 5) is 25.8. The fraction of sp³-hybridized carbons (Fsp3) is 0.333. The van der Waals surface area contributed by atoms with Crippen LogP contribution in [0.3, 0.4) is 0 Å². The summed E-state index contributed by atoms with van der Waals surface area (Å²) in [6.07, 6.45) is 7.08. The predicted molar refractivity (Wildman–Crippen MR) is 83.4 cm³/mol. The summed E-state index contributed by atoms with van der Waals surface area (Å²) in [5.41, 5.74) is 0.323. The summed E-state index contributed by atoms with van der Waals surface area (Å²) in [6, 6.07) is 9.85. The molecule has 5 heteroatoms. The lowest BCUT2D eigenvalue weighted by atomic mass is 9.77. The number of fused-ring (bicyclic) bond motifs is 1. The maximum Gasteiger partial charge on any atom is 0.310 e. The lowest BCUT2D eigenvalue weighted by Crippen LogP contribution is -2.39. The first-order chi connectivity index (χ1) is 11.1. The minimum Gasteiger partial charge on any atom is -0.481 e. The van der Waals surface area contributed by atoms with Crippen LogP contribution in [-0.4, -0.2) is 46.7 Å². The van der Waals surface area contributed by atoms with Crippen molar-refractivity contribution in [2.75, 3.05) is 13.1 Å². The zero-order valence-corrected chi connectivity index (χ0v) is 12.5. The summed E-state index contributed by atoms with van der Waals surface area (Å²) in [6.45, 7) is 0.882. The number of aliphatic carboxylic acids is 1. The Balaban J connectivity index is 1.51. The van der Waals surface area contributed by atoms with E-state index in [1.54, 1.807) is 11.0 Å². The third-order valence-electron chi connectivity index (χ3n) is 4.90. The topological polar surface area (TPSA) is 66.8 Å². The van der Waals surface area contributed by atoms with Crippen LogP contribution in [0.2, 0.25) is 0 Å².